The Morgan fingerprint density at radius 3 is 2.50 bits per heavy atom. The highest BCUT2D eigenvalue weighted by Crippen LogP contribution is 2.37. The number of rotatable bonds is 3. The fraction of sp³-hybridized carbons (Fsp3) is 0.600. The summed E-state index contributed by atoms with van der Waals surface area (Å²) in [5.74, 6) is 0. The number of hydrogen-bond acceptors (Lipinski definition) is 1. The standard InChI is InChI=1S/C15H21Br2N/c1-3-15(2)6-8-18(9-7-15)14-10-13(17)5-4-12(14)11-16/h4-5,10H,3,6-9,11H2,1-2H3. The van der Waals surface area contributed by atoms with Crippen molar-refractivity contribution in [1.82, 2.24) is 0 Å². The van der Waals surface area contributed by atoms with Crippen LogP contribution < -0.4 is 4.90 Å². The molecule has 18 heavy (non-hydrogen) atoms. The summed E-state index contributed by atoms with van der Waals surface area (Å²) in [5.41, 5.74) is 3.33. The molecule has 1 aliphatic rings. The zero-order chi connectivity index (χ0) is 13.2. The molecule has 0 atom stereocenters. The molecule has 0 aliphatic carbocycles. The third-order valence-corrected chi connectivity index (χ3v) is 5.45. The van der Waals surface area contributed by atoms with Gasteiger partial charge in [0.05, 0.1) is 0 Å². The quantitative estimate of drug-likeness (QED) is 0.643. The molecule has 0 spiro atoms. The molecule has 0 N–H and O–H groups in total. The lowest BCUT2D eigenvalue weighted by Gasteiger charge is -2.40. The van der Waals surface area contributed by atoms with Gasteiger partial charge in [-0.05, 0) is 36.0 Å². The Morgan fingerprint density at radius 2 is 1.94 bits per heavy atom. The first-order chi connectivity index (χ1) is 8.58. The Labute approximate surface area is 127 Å². The number of benzene rings is 1. The third-order valence-electron chi connectivity index (χ3n) is 4.36. The van der Waals surface area contributed by atoms with Gasteiger partial charge in [-0.2, -0.15) is 0 Å². The minimum Gasteiger partial charge on any atom is -0.371 e. The van der Waals surface area contributed by atoms with Crippen molar-refractivity contribution in [1.29, 1.82) is 0 Å². The van der Waals surface area contributed by atoms with E-state index < -0.39 is 0 Å². The van der Waals surface area contributed by atoms with Crippen LogP contribution in [-0.4, -0.2) is 13.1 Å². The highest BCUT2D eigenvalue weighted by atomic mass is 79.9. The van der Waals surface area contributed by atoms with E-state index in [1.54, 1.807) is 0 Å². The third kappa shape index (κ3) is 3.11. The second-order valence-electron chi connectivity index (χ2n) is 5.56. The van der Waals surface area contributed by atoms with Gasteiger partial charge in [-0.25, -0.2) is 0 Å². The van der Waals surface area contributed by atoms with Crippen LogP contribution in [0.15, 0.2) is 22.7 Å². The summed E-state index contributed by atoms with van der Waals surface area (Å²) in [4.78, 5) is 2.54. The molecular formula is C15H21Br2N. The van der Waals surface area contributed by atoms with E-state index in [0.717, 1.165) is 5.33 Å². The van der Waals surface area contributed by atoms with E-state index >= 15 is 0 Å². The average molecular weight is 375 g/mol. The number of anilines is 1. The van der Waals surface area contributed by atoms with Crippen molar-refractivity contribution >= 4 is 37.5 Å². The zero-order valence-electron chi connectivity index (χ0n) is 11.2. The largest absolute Gasteiger partial charge is 0.371 e. The number of alkyl halides is 1. The molecule has 1 aromatic rings. The van der Waals surface area contributed by atoms with Crippen LogP contribution in [0, 0.1) is 5.41 Å². The smallest absolute Gasteiger partial charge is 0.0418 e. The summed E-state index contributed by atoms with van der Waals surface area (Å²) in [6, 6.07) is 6.59. The molecule has 0 radical (unpaired) electrons. The summed E-state index contributed by atoms with van der Waals surface area (Å²) in [7, 11) is 0. The van der Waals surface area contributed by atoms with Crippen LogP contribution in [0.4, 0.5) is 5.69 Å². The maximum Gasteiger partial charge on any atom is 0.0418 e. The van der Waals surface area contributed by atoms with Crippen molar-refractivity contribution < 1.29 is 0 Å². The Kier molecular flexibility index (Phi) is 4.76. The van der Waals surface area contributed by atoms with E-state index in [4.69, 9.17) is 0 Å². The topological polar surface area (TPSA) is 3.24 Å². The summed E-state index contributed by atoms with van der Waals surface area (Å²) in [6.45, 7) is 7.11. The molecule has 0 unspecified atom stereocenters. The van der Waals surface area contributed by atoms with Crippen molar-refractivity contribution in [3.63, 3.8) is 0 Å². The van der Waals surface area contributed by atoms with E-state index in [9.17, 15) is 0 Å². The molecule has 1 nitrogen and oxygen atoms in total. The predicted octanol–water partition coefficient (Wildman–Crippen LogP) is 5.36. The molecule has 0 bridgehead atoms. The van der Waals surface area contributed by atoms with Crippen molar-refractivity contribution in [2.75, 3.05) is 18.0 Å². The van der Waals surface area contributed by atoms with Gasteiger partial charge in [0, 0.05) is 28.6 Å². The molecule has 0 saturated carbocycles. The molecule has 1 aromatic carbocycles. The SMILES string of the molecule is CCC1(C)CCN(c2cc(Br)ccc2CBr)CC1. The van der Waals surface area contributed by atoms with Gasteiger partial charge in [0.25, 0.3) is 0 Å². The maximum atomic E-state index is 3.59. The Bertz CT molecular complexity index is 409. The molecule has 0 amide bonds. The van der Waals surface area contributed by atoms with Gasteiger partial charge in [-0.3, -0.25) is 0 Å². The second kappa shape index (κ2) is 5.96. The molecule has 1 fully saturated rings. The highest BCUT2D eigenvalue weighted by molar-refractivity contribution is 9.10. The van der Waals surface area contributed by atoms with Crippen LogP contribution in [0.2, 0.25) is 0 Å². The van der Waals surface area contributed by atoms with Crippen LogP contribution in [0.3, 0.4) is 0 Å². The molecule has 1 aliphatic heterocycles. The van der Waals surface area contributed by atoms with Gasteiger partial charge in [0.15, 0.2) is 0 Å². The average Bonchev–Trinajstić information content (AvgIpc) is 2.39. The monoisotopic (exact) mass is 373 g/mol. The first kappa shape index (κ1) is 14.4. The fourth-order valence-electron chi connectivity index (χ4n) is 2.59. The van der Waals surface area contributed by atoms with Gasteiger partial charge >= 0.3 is 0 Å². The second-order valence-corrected chi connectivity index (χ2v) is 7.03. The van der Waals surface area contributed by atoms with Crippen molar-refractivity contribution in [3.05, 3.63) is 28.2 Å². The van der Waals surface area contributed by atoms with E-state index in [1.165, 1.54) is 48.1 Å². The number of hydrogen-bond donors (Lipinski definition) is 0. The molecule has 0 aromatic heterocycles. The van der Waals surface area contributed by atoms with E-state index in [2.05, 4.69) is 68.8 Å². The number of piperidine rings is 1. The first-order valence-corrected chi connectivity index (χ1v) is 8.59. The van der Waals surface area contributed by atoms with Crippen LogP contribution >= 0.6 is 31.9 Å². The molecule has 2 rings (SSSR count). The minimum atomic E-state index is 0.553. The first-order valence-electron chi connectivity index (χ1n) is 6.67. The zero-order valence-corrected chi connectivity index (χ0v) is 14.3. The lowest BCUT2D eigenvalue weighted by atomic mass is 9.78. The van der Waals surface area contributed by atoms with Crippen LogP contribution in [0.25, 0.3) is 0 Å². The molecular weight excluding hydrogens is 354 g/mol. The molecule has 1 heterocycles. The Balaban J connectivity index is 2.16. The summed E-state index contributed by atoms with van der Waals surface area (Å²) in [6.07, 6.45) is 3.90. The maximum absolute atomic E-state index is 3.59. The predicted molar refractivity (Wildman–Crippen MR) is 86.6 cm³/mol. The van der Waals surface area contributed by atoms with E-state index in [1.807, 2.05) is 0 Å². The summed E-state index contributed by atoms with van der Waals surface area (Å²) >= 11 is 7.18. The minimum absolute atomic E-state index is 0.553. The molecule has 100 valence electrons. The van der Waals surface area contributed by atoms with Crippen molar-refractivity contribution in [2.45, 2.75) is 38.4 Å². The van der Waals surface area contributed by atoms with Gasteiger partial charge < -0.3 is 4.90 Å². The van der Waals surface area contributed by atoms with E-state index in [0.29, 0.717) is 5.41 Å². The van der Waals surface area contributed by atoms with Gasteiger partial charge in [-0.15, -0.1) is 0 Å². The fourth-order valence-corrected chi connectivity index (χ4v) is 3.41. The molecule has 3 heteroatoms. The van der Waals surface area contributed by atoms with Crippen molar-refractivity contribution in [3.8, 4) is 0 Å². The van der Waals surface area contributed by atoms with Crippen LogP contribution in [0.1, 0.15) is 38.7 Å². The lowest BCUT2D eigenvalue weighted by molar-refractivity contribution is 0.238. The number of nitrogens with zero attached hydrogens (tertiary/aromatic N) is 1. The van der Waals surface area contributed by atoms with Gasteiger partial charge in [0.2, 0.25) is 0 Å². The highest BCUT2D eigenvalue weighted by Gasteiger charge is 2.28. The Morgan fingerprint density at radius 1 is 1.28 bits per heavy atom. The molecule has 1 saturated heterocycles. The van der Waals surface area contributed by atoms with E-state index in [-0.39, 0.29) is 0 Å². The summed E-state index contributed by atoms with van der Waals surface area (Å²) < 4.78 is 1.17. The summed E-state index contributed by atoms with van der Waals surface area (Å²) in [5, 5.41) is 0.928. The normalized spacial score (nSPS) is 19.0. The van der Waals surface area contributed by atoms with Gasteiger partial charge in [0.1, 0.15) is 0 Å². The van der Waals surface area contributed by atoms with Crippen LogP contribution in [-0.2, 0) is 5.33 Å². The van der Waals surface area contributed by atoms with Crippen LogP contribution in [0.5, 0.6) is 0 Å². The van der Waals surface area contributed by atoms with Gasteiger partial charge in [-0.1, -0.05) is 58.2 Å². The van der Waals surface area contributed by atoms with Crippen molar-refractivity contribution in [2.24, 2.45) is 5.41 Å². The number of halogens is 2. The lowest BCUT2D eigenvalue weighted by Crippen LogP contribution is -2.38. The Hall–Kier alpha value is -0.0200.